The summed E-state index contributed by atoms with van der Waals surface area (Å²) in [6, 6.07) is 8.59. The molecule has 3 nitrogen and oxygen atoms in total. The quantitative estimate of drug-likeness (QED) is 0.778. The van der Waals surface area contributed by atoms with E-state index in [-0.39, 0.29) is 11.0 Å². The van der Waals surface area contributed by atoms with Crippen LogP contribution >= 0.6 is 11.6 Å². The number of aryl methyl sites for hydroxylation is 1. The molecule has 7 heteroatoms. The highest BCUT2D eigenvalue weighted by Gasteiger charge is 2.35. The SMILES string of the molecule is Cc1ccc(N(C)c2cc(Cl)nc(C(F)(F)F)n2)cc1. The van der Waals surface area contributed by atoms with Crippen LogP contribution < -0.4 is 4.90 Å². The first-order valence-corrected chi connectivity index (χ1v) is 6.07. The van der Waals surface area contributed by atoms with Crippen molar-refractivity contribution in [2.24, 2.45) is 0 Å². The van der Waals surface area contributed by atoms with E-state index in [0.717, 1.165) is 5.56 Å². The Labute approximate surface area is 119 Å². The van der Waals surface area contributed by atoms with E-state index < -0.39 is 12.0 Å². The van der Waals surface area contributed by atoms with Crippen LogP contribution in [0.4, 0.5) is 24.7 Å². The predicted molar refractivity (Wildman–Crippen MR) is 71.3 cm³/mol. The Hall–Kier alpha value is -1.82. The summed E-state index contributed by atoms with van der Waals surface area (Å²) in [5.41, 5.74) is 1.76. The van der Waals surface area contributed by atoms with Crippen molar-refractivity contribution in [2.75, 3.05) is 11.9 Å². The largest absolute Gasteiger partial charge is 0.451 e. The number of benzene rings is 1. The van der Waals surface area contributed by atoms with Crippen LogP contribution in [0.1, 0.15) is 11.4 Å². The zero-order valence-corrected chi connectivity index (χ0v) is 11.5. The number of anilines is 2. The zero-order valence-electron chi connectivity index (χ0n) is 10.7. The normalized spacial score (nSPS) is 11.5. The summed E-state index contributed by atoms with van der Waals surface area (Å²) in [6.07, 6.45) is -4.63. The van der Waals surface area contributed by atoms with Gasteiger partial charge in [-0.15, -0.1) is 0 Å². The molecule has 0 aliphatic rings. The van der Waals surface area contributed by atoms with Crippen molar-refractivity contribution < 1.29 is 13.2 Å². The molecule has 1 aromatic carbocycles. The molecule has 0 saturated heterocycles. The maximum Gasteiger partial charge on any atom is 0.451 e. The number of hydrogen-bond donors (Lipinski definition) is 0. The second-order valence-corrected chi connectivity index (χ2v) is 4.65. The topological polar surface area (TPSA) is 29.0 Å². The standard InChI is InChI=1S/C13H11ClF3N3/c1-8-3-5-9(6-4-8)20(2)11-7-10(14)18-12(19-11)13(15,16)17/h3-7H,1-2H3. The molecule has 2 rings (SSSR count). The van der Waals surface area contributed by atoms with Crippen LogP contribution in [0.15, 0.2) is 30.3 Å². The molecule has 0 N–H and O–H groups in total. The van der Waals surface area contributed by atoms with Gasteiger partial charge in [0.05, 0.1) is 0 Å². The van der Waals surface area contributed by atoms with Gasteiger partial charge >= 0.3 is 6.18 Å². The molecule has 0 radical (unpaired) electrons. The molecule has 20 heavy (non-hydrogen) atoms. The maximum absolute atomic E-state index is 12.7. The monoisotopic (exact) mass is 301 g/mol. The molecular weight excluding hydrogens is 291 g/mol. The molecule has 0 fully saturated rings. The molecule has 0 atom stereocenters. The van der Waals surface area contributed by atoms with Crippen molar-refractivity contribution in [3.8, 4) is 0 Å². The first-order chi connectivity index (χ1) is 9.27. The van der Waals surface area contributed by atoms with Gasteiger partial charge in [0, 0.05) is 18.8 Å². The Balaban J connectivity index is 2.42. The third-order valence-corrected chi connectivity index (χ3v) is 2.89. The summed E-state index contributed by atoms with van der Waals surface area (Å²) in [7, 11) is 1.61. The molecular formula is C13H11ClF3N3. The molecule has 0 saturated carbocycles. The minimum Gasteiger partial charge on any atom is -0.329 e. The second-order valence-electron chi connectivity index (χ2n) is 4.26. The van der Waals surface area contributed by atoms with Crippen LogP contribution in [-0.4, -0.2) is 17.0 Å². The van der Waals surface area contributed by atoms with Gasteiger partial charge in [-0.2, -0.15) is 13.2 Å². The van der Waals surface area contributed by atoms with Gasteiger partial charge in [-0.3, -0.25) is 0 Å². The number of alkyl halides is 3. The molecule has 0 aliphatic heterocycles. The van der Waals surface area contributed by atoms with Crippen LogP contribution in [-0.2, 0) is 6.18 Å². The molecule has 106 valence electrons. The average Bonchev–Trinajstić information content (AvgIpc) is 2.37. The molecule has 0 bridgehead atoms. The number of rotatable bonds is 2. The van der Waals surface area contributed by atoms with Gasteiger partial charge in [0.25, 0.3) is 0 Å². The Morgan fingerprint density at radius 2 is 1.70 bits per heavy atom. The van der Waals surface area contributed by atoms with Crippen LogP contribution in [0.3, 0.4) is 0 Å². The van der Waals surface area contributed by atoms with Gasteiger partial charge in [-0.05, 0) is 19.1 Å². The van der Waals surface area contributed by atoms with E-state index in [2.05, 4.69) is 9.97 Å². The molecule has 0 aliphatic carbocycles. The number of hydrogen-bond acceptors (Lipinski definition) is 3. The van der Waals surface area contributed by atoms with Crippen LogP contribution in [0.2, 0.25) is 5.15 Å². The smallest absolute Gasteiger partial charge is 0.329 e. The van der Waals surface area contributed by atoms with Gasteiger partial charge in [0.2, 0.25) is 5.82 Å². The van der Waals surface area contributed by atoms with E-state index >= 15 is 0 Å². The molecule has 0 unspecified atom stereocenters. The van der Waals surface area contributed by atoms with Gasteiger partial charge in [-0.25, -0.2) is 9.97 Å². The van der Waals surface area contributed by atoms with E-state index in [4.69, 9.17) is 11.6 Å². The highest BCUT2D eigenvalue weighted by atomic mass is 35.5. The predicted octanol–water partition coefficient (Wildman–Crippen LogP) is 4.23. The minimum atomic E-state index is -4.63. The summed E-state index contributed by atoms with van der Waals surface area (Å²) in [5.74, 6) is -1.17. The first kappa shape index (κ1) is 14.6. The average molecular weight is 302 g/mol. The Bertz CT molecular complexity index is 611. The van der Waals surface area contributed by atoms with Crippen LogP contribution in [0.25, 0.3) is 0 Å². The summed E-state index contributed by atoms with van der Waals surface area (Å²) in [5, 5.41) is -0.249. The maximum atomic E-state index is 12.7. The lowest BCUT2D eigenvalue weighted by Gasteiger charge is -2.19. The first-order valence-electron chi connectivity index (χ1n) is 5.69. The fourth-order valence-electron chi connectivity index (χ4n) is 1.60. The van der Waals surface area contributed by atoms with Gasteiger partial charge in [-0.1, -0.05) is 29.3 Å². The molecule has 0 spiro atoms. The lowest BCUT2D eigenvalue weighted by atomic mass is 10.2. The molecule has 1 aromatic heterocycles. The van der Waals surface area contributed by atoms with Gasteiger partial charge in [0.1, 0.15) is 11.0 Å². The lowest BCUT2D eigenvalue weighted by molar-refractivity contribution is -0.144. The van der Waals surface area contributed by atoms with E-state index in [1.165, 1.54) is 11.0 Å². The molecule has 2 aromatic rings. The molecule has 1 heterocycles. The summed E-state index contributed by atoms with van der Waals surface area (Å²) >= 11 is 5.64. The Kier molecular flexibility index (Phi) is 3.85. The number of aromatic nitrogens is 2. The summed E-state index contributed by atoms with van der Waals surface area (Å²) in [4.78, 5) is 8.22. The van der Waals surface area contributed by atoms with E-state index in [1.807, 2.05) is 19.1 Å². The van der Waals surface area contributed by atoms with Crippen molar-refractivity contribution in [2.45, 2.75) is 13.1 Å². The van der Waals surface area contributed by atoms with Crippen LogP contribution in [0.5, 0.6) is 0 Å². The van der Waals surface area contributed by atoms with Crippen LogP contribution in [0, 0.1) is 6.92 Å². The number of halogens is 4. The van der Waals surface area contributed by atoms with E-state index in [0.29, 0.717) is 5.69 Å². The fraction of sp³-hybridized carbons (Fsp3) is 0.231. The highest BCUT2D eigenvalue weighted by Crippen LogP contribution is 2.30. The van der Waals surface area contributed by atoms with Crippen molar-refractivity contribution in [1.29, 1.82) is 0 Å². The number of nitrogens with zero attached hydrogens (tertiary/aromatic N) is 3. The highest BCUT2D eigenvalue weighted by molar-refractivity contribution is 6.29. The van der Waals surface area contributed by atoms with E-state index in [1.54, 1.807) is 19.2 Å². The Morgan fingerprint density at radius 3 is 2.25 bits per heavy atom. The summed E-state index contributed by atoms with van der Waals surface area (Å²) < 4.78 is 38.0. The molecule has 0 amide bonds. The third kappa shape index (κ3) is 3.19. The van der Waals surface area contributed by atoms with E-state index in [9.17, 15) is 13.2 Å². The van der Waals surface area contributed by atoms with Crippen molar-refractivity contribution in [3.63, 3.8) is 0 Å². The Morgan fingerprint density at radius 1 is 1.10 bits per heavy atom. The van der Waals surface area contributed by atoms with Crippen molar-refractivity contribution in [3.05, 3.63) is 46.9 Å². The summed E-state index contributed by atoms with van der Waals surface area (Å²) in [6.45, 7) is 1.92. The third-order valence-electron chi connectivity index (χ3n) is 2.70. The lowest BCUT2D eigenvalue weighted by Crippen LogP contribution is -2.17. The second kappa shape index (κ2) is 5.28. The minimum absolute atomic E-state index is 0.0844. The zero-order chi connectivity index (χ0) is 14.9. The van der Waals surface area contributed by atoms with Crippen molar-refractivity contribution in [1.82, 2.24) is 9.97 Å². The van der Waals surface area contributed by atoms with Gasteiger partial charge in [0.15, 0.2) is 0 Å². The fourth-order valence-corrected chi connectivity index (χ4v) is 1.78. The van der Waals surface area contributed by atoms with Crippen molar-refractivity contribution >= 4 is 23.1 Å². The van der Waals surface area contributed by atoms with Gasteiger partial charge < -0.3 is 4.90 Å².